The standard InChI is InChI=1S/C12H18N2O3S/c1-6-5-18-10-7(13)9(15)14(10)8(6)11(16)17-12(2,3)4/h7,10H,5,13H2,1-4H3/t7-,10-/m0/s1. The molecule has 0 unspecified atom stereocenters. The lowest BCUT2D eigenvalue weighted by molar-refractivity contribution is -0.158. The molecule has 0 bridgehead atoms. The van der Waals surface area contributed by atoms with Gasteiger partial charge in [0.1, 0.15) is 22.7 Å². The number of thioether (sulfide) groups is 1. The summed E-state index contributed by atoms with van der Waals surface area (Å²) in [5.41, 5.74) is 6.40. The summed E-state index contributed by atoms with van der Waals surface area (Å²) in [5.74, 6) is 0.0643. The van der Waals surface area contributed by atoms with Gasteiger partial charge in [-0.1, -0.05) is 0 Å². The zero-order valence-electron chi connectivity index (χ0n) is 11.0. The van der Waals surface area contributed by atoms with Gasteiger partial charge in [0.15, 0.2) is 0 Å². The van der Waals surface area contributed by atoms with E-state index in [2.05, 4.69) is 0 Å². The maximum Gasteiger partial charge on any atom is 0.355 e. The Kier molecular flexibility index (Phi) is 3.19. The van der Waals surface area contributed by atoms with Crippen molar-refractivity contribution in [1.82, 2.24) is 4.90 Å². The summed E-state index contributed by atoms with van der Waals surface area (Å²) >= 11 is 1.59. The van der Waals surface area contributed by atoms with Gasteiger partial charge < -0.3 is 10.5 Å². The highest BCUT2D eigenvalue weighted by Crippen LogP contribution is 2.39. The number of β-lactam (4-membered cyclic amide) rings is 1. The Hall–Kier alpha value is -1.01. The largest absolute Gasteiger partial charge is 0.455 e. The van der Waals surface area contributed by atoms with Crippen LogP contribution >= 0.6 is 11.8 Å². The molecule has 0 aromatic carbocycles. The molecule has 6 heteroatoms. The number of rotatable bonds is 1. The fourth-order valence-electron chi connectivity index (χ4n) is 1.99. The smallest absolute Gasteiger partial charge is 0.355 e. The summed E-state index contributed by atoms with van der Waals surface area (Å²) < 4.78 is 5.34. The molecule has 18 heavy (non-hydrogen) atoms. The minimum Gasteiger partial charge on any atom is -0.455 e. The van der Waals surface area contributed by atoms with Gasteiger partial charge in [0.2, 0.25) is 5.91 Å². The van der Waals surface area contributed by atoms with Crippen LogP contribution in [0, 0.1) is 0 Å². The van der Waals surface area contributed by atoms with Gasteiger partial charge in [-0.15, -0.1) is 11.8 Å². The average molecular weight is 270 g/mol. The summed E-state index contributed by atoms with van der Waals surface area (Å²) in [6.07, 6.45) is 0. The van der Waals surface area contributed by atoms with E-state index in [1.165, 1.54) is 4.90 Å². The zero-order valence-corrected chi connectivity index (χ0v) is 11.8. The maximum absolute atomic E-state index is 12.1. The van der Waals surface area contributed by atoms with E-state index in [0.717, 1.165) is 5.57 Å². The number of esters is 1. The van der Waals surface area contributed by atoms with Crippen molar-refractivity contribution in [2.45, 2.75) is 44.7 Å². The highest BCUT2D eigenvalue weighted by Gasteiger charge is 2.51. The molecule has 0 spiro atoms. The number of carbonyl (C=O) groups excluding carboxylic acids is 2. The highest BCUT2D eigenvalue weighted by atomic mass is 32.2. The van der Waals surface area contributed by atoms with Crippen molar-refractivity contribution in [2.24, 2.45) is 5.73 Å². The molecule has 2 rings (SSSR count). The van der Waals surface area contributed by atoms with Gasteiger partial charge in [-0.2, -0.15) is 0 Å². The van der Waals surface area contributed by atoms with Gasteiger partial charge in [-0.25, -0.2) is 4.79 Å². The van der Waals surface area contributed by atoms with Crippen molar-refractivity contribution in [2.75, 3.05) is 5.75 Å². The Morgan fingerprint density at radius 2 is 2.11 bits per heavy atom. The topological polar surface area (TPSA) is 72.6 Å². The number of hydrogen-bond donors (Lipinski definition) is 1. The van der Waals surface area contributed by atoms with E-state index in [1.807, 2.05) is 6.92 Å². The molecule has 1 fully saturated rings. The normalized spacial score (nSPS) is 27.8. The number of fused-ring (bicyclic) bond motifs is 1. The minimum atomic E-state index is -0.569. The van der Waals surface area contributed by atoms with Crippen molar-refractivity contribution in [3.05, 3.63) is 11.3 Å². The monoisotopic (exact) mass is 270 g/mol. The fourth-order valence-corrected chi connectivity index (χ4v) is 3.23. The Bertz CT molecular complexity index is 439. The second-order valence-electron chi connectivity index (χ2n) is 5.57. The maximum atomic E-state index is 12.1. The Labute approximate surface area is 111 Å². The first-order valence-corrected chi connectivity index (χ1v) is 6.90. The predicted octanol–water partition coefficient (Wildman–Crippen LogP) is 0.845. The summed E-state index contributed by atoms with van der Waals surface area (Å²) in [5, 5.41) is -0.122. The summed E-state index contributed by atoms with van der Waals surface area (Å²) in [6.45, 7) is 7.26. The van der Waals surface area contributed by atoms with E-state index >= 15 is 0 Å². The van der Waals surface area contributed by atoms with Crippen molar-refractivity contribution in [1.29, 1.82) is 0 Å². The van der Waals surface area contributed by atoms with Crippen molar-refractivity contribution < 1.29 is 14.3 Å². The number of hydrogen-bond acceptors (Lipinski definition) is 5. The van der Waals surface area contributed by atoms with Crippen LogP contribution in [0.15, 0.2) is 11.3 Å². The minimum absolute atomic E-state index is 0.122. The molecule has 2 atom stereocenters. The van der Waals surface area contributed by atoms with Crippen LogP contribution in [-0.2, 0) is 14.3 Å². The fraction of sp³-hybridized carbons (Fsp3) is 0.667. The van der Waals surface area contributed by atoms with Crippen LogP contribution in [-0.4, -0.2) is 39.5 Å². The molecule has 0 saturated carbocycles. The van der Waals surface area contributed by atoms with Gasteiger partial charge in [-0.3, -0.25) is 9.69 Å². The lowest BCUT2D eigenvalue weighted by Gasteiger charge is -2.48. The second kappa shape index (κ2) is 4.28. The molecule has 2 N–H and O–H groups in total. The molecule has 2 aliphatic rings. The van der Waals surface area contributed by atoms with Gasteiger partial charge in [0.05, 0.1) is 0 Å². The summed E-state index contributed by atoms with van der Waals surface area (Å²) in [4.78, 5) is 25.4. The Morgan fingerprint density at radius 1 is 1.50 bits per heavy atom. The Morgan fingerprint density at radius 3 is 2.67 bits per heavy atom. The first kappa shape index (κ1) is 13.4. The summed E-state index contributed by atoms with van der Waals surface area (Å²) in [6, 6.07) is -0.500. The van der Waals surface area contributed by atoms with Crippen LogP contribution in [0.25, 0.3) is 0 Å². The van der Waals surface area contributed by atoms with E-state index in [-0.39, 0.29) is 11.3 Å². The van der Waals surface area contributed by atoms with Crippen LogP contribution in [0.2, 0.25) is 0 Å². The molecule has 5 nitrogen and oxygen atoms in total. The van der Waals surface area contributed by atoms with Crippen LogP contribution in [0.1, 0.15) is 27.7 Å². The van der Waals surface area contributed by atoms with Gasteiger partial charge in [0.25, 0.3) is 0 Å². The third-order valence-corrected chi connectivity index (χ3v) is 4.24. The lowest BCUT2D eigenvalue weighted by Crippen LogP contribution is -2.68. The van der Waals surface area contributed by atoms with Crippen LogP contribution in [0.5, 0.6) is 0 Å². The molecule has 0 radical (unpaired) electrons. The number of ether oxygens (including phenoxy) is 1. The number of amides is 1. The molecule has 0 aromatic rings. The molecule has 1 saturated heterocycles. The van der Waals surface area contributed by atoms with E-state index in [4.69, 9.17) is 10.5 Å². The van der Waals surface area contributed by atoms with E-state index in [9.17, 15) is 9.59 Å². The lowest BCUT2D eigenvalue weighted by atomic mass is 10.0. The molecule has 0 aromatic heterocycles. The average Bonchev–Trinajstić information content (AvgIpc) is 2.25. The third-order valence-electron chi connectivity index (χ3n) is 2.79. The van der Waals surface area contributed by atoms with Gasteiger partial charge >= 0.3 is 5.97 Å². The molecular formula is C12H18N2O3S. The van der Waals surface area contributed by atoms with Crippen LogP contribution in [0.3, 0.4) is 0 Å². The quantitative estimate of drug-likeness (QED) is 0.565. The van der Waals surface area contributed by atoms with Crippen LogP contribution in [0.4, 0.5) is 0 Å². The predicted molar refractivity (Wildman–Crippen MR) is 69.6 cm³/mol. The number of nitrogens with two attached hydrogens (primary N) is 1. The summed E-state index contributed by atoms with van der Waals surface area (Å²) in [7, 11) is 0. The van der Waals surface area contributed by atoms with E-state index < -0.39 is 17.6 Å². The van der Waals surface area contributed by atoms with Gasteiger partial charge in [-0.05, 0) is 33.3 Å². The first-order chi connectivity index (χ1) is 8.22. The van der Waals surface area contributed by atoms with Crippen molar-refractivity contribution in [3.8, 4) is 0 Å². The molecule has 2 heterocycles. The van der Waals surface area contributed by atoms with Crippen molar-refractivity contribution in [3.63, 3.8) is 0 Å². The van der Waals surface area contributed by atoms with Crippen LogP contribution < -0.4 is 5.73 Å². The molecule has 0 aliphatic carbocycles. The van der Waals surface area contributed by atoms with Gasteiger partial charge in [0, 0.05) is 5.75 Å². The molecule has 2 aliphatic heterocycles. The number of carbonyl (C=O) groups is 2. The zero-order chi connectivity index (χ0) is 13.7. The van der Waals surface area contributed by atoms with E-state index in [0.29, 0.717) is 11.4 Å². The number of nitrogens with zero attached hydrogens (tertiary/aromatic N) is 1. The molecule has 100 valence electrons. The van der Waals surface area contributed by atoms with E-state index in [1.54, 1.807) is 32.5 Å². The third kappa shape index (κ3) is 2.14. The highest BCUT2D eigenvalue weighted by molar-refractivity contribution is 8.00. The first-order valence-electron chi connectivity index (χ1n) is 5.86. The molecular weight excluding hydrogens is 252 g/mol. The van der Waals surface area contributed by atoms with Crippen molar-refractivity contribution >= 4 is 23.6 Å². The molecule has 1 amide bonds. The second-order valence-corrected chi connectivity index (χ2v) is 6.67. The SMILES string of the molecule is CC1=C(C(=O)OC(C)(C)C)N2C(=O)[C@H](N)[C@@H]2SC1. The Balaban J connectivity index is 2.25.